The summed E-state index contributed by atoms with van der Waals surface area (Å²) in [7, 11) is 0. The second-order valence-corrected chi connectivity index (χ2v) is 6.05. The number of hydrogen-bond donors (Lipinski definition) is 1. The molecule has 0 spiro atoms. The van der Waals surface area contributed by atoms with E-state index in [9.17, 15) is 0 Å². The lowest BCUT2D eigenvalue weighted by molar-refractivity contribution is 0.111. The Morgan fingerprint density at radius 1 is 1.44 bits per heavy atom. The summed E-state index contributed by atoms with van der Waals surface area (Å²) >= 11 is 3.22. The highest BCUT2D eigenvalue weighted by Crippen LogP contribution is 2.36. The maximum absolute atomic E-state index is 5.63. The molecule has 1 aliphatic heterocycles. The first-order chi connectivity index (χ1) is 8.86. The summed E-state index contributed by atoms with van der Waals surface area (Å²) in [6, 6.07) is 0. The van der Waals surface area contributed by atoms with E-state index in [2.05, 4.69) is 20.5 Å². The van der Waals surface area contributed by atoms with Crippen LogP contribution in [0.4, 0.5) is 5.13 Å². The molecule has 7 heteroatoms. The average molecular weight is 282 g/mol. The molecule has 96 valence electrons. The molecule has 0 saturated carbocycles. The number of anilines is 1. The standard InChI is InChI=1S/C11H14N4OS2/c1-2-12-11-15-14-10(18-11)8-6-13-9(17-8)7-4-3-5-16-7/h6-7H,2-5H2,1H3,(H,12,15). The second kappa shape index (κ2) is 5.29. The molecule has 1 N–H and O–H groups in total. The fourth-order valence-electron chi connectivity index (χ4n) is 1.85. The third-order valence-corrected chi connectivity index (χ3v) is 4.83. The minimum atomic E-state index is 0.185. The third kappa shape index (κ3) is 2.38. The van der Waals surface area contributed by atoms with Gasteiger partial charge in [0.25, 0.3) is 0 Å². The molecule has 0 aromatic carbocycles. The summed E-state index contributed by atoms with van der Waals surface area (Å²) in [5.41, 5.74) is 0. The minimum Gasteiger partial charge on any atom is -0.371 e. The van der Waals surface area contributed by atoms with Gasteiger partial charge in [0.15, 0.2) is 5.01 Å². The van der Waals surface area contributed by atoms with Crippen LogP contribution in [0.25, 0.3) is 9.88 Å². The van der Waals surface area contributed by atoms with Crippen LogP contribution in [0.5, 0.6) is 0 Å². The van der Waals surface area contributed by atoms with Crippen molar-refractivity contribution in [3.63, 3.8) is 0 Å². The Balaban J connectivity index is 1.78. The minimum absolute atomic E-state index is 0.185. The lowest BCUT2D eigenvalue weighted by Gasteiger charge is -2.02. The molecule has 1 atom stereocenters. The molecule has 2 aromatic rings. The van der Waals surface area contributed by atoms with E-state index in [4.69, 9.17) is 4.74 Å². The zero-order valence-corrected chi connectivity index (χ0v) is 11.7. The predicted octanol–water partition coefficient (Wildman–Crippen LogP) is 2.94. The van der Waals surface area contributed by atoms with Crippen LogP contribution in [0.2, 0.25) is 0 Å². The highest BCUT2D eigenvalue weighted by Gasteiger charge is 2.21. The molecular formula is C11H14N4OS2. The molecule has 1 aliphatic rings. The quantitative estimate of drug-likeness (QED) is 0.934. The molecule has 5 nitrogen and oxygen atoms in total. The Morgan fingerprint density at radius 3 is 3.17 bits per heavy atom. The van der Waals surface area contributed by atoms with Crippen molar-refractivity contribution in [2.75, 3.05) is 18.5 Å². The fourth-order valence-corrected chi connectivity index (χ4v) is 3.70. The largest absolute Gasteiger partial charge is 0.371 e. The zero-order valence-electron chi connectivity index (χ0n) is 10.0. The Labute approximate surface area is 113 Å². The van der Waals surface area contributed by atoms with Crippen molar-refractivity contribution in [2.45, 2.75) is 25.9 Å². The first-order valence-corrected chi connectivity index (χ1v) is 7.65. The van der Waals surface area contributed by atoms with Crippen LogP contribution in [-0.2, 0) is 4.74 Å². The van der Waals surface area contributed by atoms with E-state index in [1.807, 2.05) is 13.1 Å². The second-order valence-electron chi connectivity index (χ2n) is 4.01. The van der Waals surface area contributed by atoms with Gasteiger partial charge in [0.2, 0.25) is 5.13 Å². The van der Waals surface area contributed by atoms with Crippen molar-refractivity contribution < 1.29 is 4.74 Å². The van der Waals surface area contributed by atoms with E-state index in [1.54, 1.807) is 22.7 Å². The van der Waals surface area contributed by atoms with Gasteiger partial charge in [-0.3, -0.25) is 0 Å². The Morgan fingerprint density at radius 2 is 2.39 bits per heavy atom. The summed E-state index contributed by atoms with van der Waals surface area (Å²) < 4.78 is 5.63. The van der Waals surface area contributed by atoms with Crippen molar-refractivity contribution in [1.29, 1.82) is 0 Å². The number of nitrogens with zero attached hydrogens (tertiary/aromatic N) is 3. The van der Waals surface area contributed by atoms with Crippen LogP contribution in [0.1, 0.15) is 30.9 Å². The highest BCUT2D eigenvalue weighted by atomic mass is 32.1. The molecule has 0 amide bonds. The monoisotopic (exact) mass is 282 g/mol. The van der Waals surface area contributed by atoms with Crippen LogP contribution in [0.3, 0.4) is 0 Å². The van der Waals surface area contributed by atoms with Gasteiger partial charge in [-0.05, 0) is 19.8 Å². The van der Waals surface area contributed by atoms with Crippen LogP contribution >= 0.6 is 22.7 Å². The van der Waals surface area contributed by atoms with Crippen LogP contribution in [-0.4, -0.2) is 28.3 Å². The van der Waals surface area contributed by atoms with Gasteiger partial charge in [0.1, 0.15) is 11.1 Å². The van der Waals surface area contributed by atoms with Crippen LogP contribution < -0.4 is 5.32 Å². The SMILES string of the molecule is CCNc1nnc(-c2cnc(C3CCCO3)s2)s1. The smallest absolute Gasteiger partial charge is 0.206 e. The average Bonchev–Trinajstić information content (AvgIpc) is 3.10. The van der Waals surface area contributed by atoms with Crippen molar-refractivity contribution in [3.8, 4) is 9.88 Å². The Bertz CT molecular complexity index is 519. The topological polar surface area (TPSA) is 59.9 Å². The molecule has 3 heterocycles. The Kier molecular flexibility index (Phi) is 3.53. The van der Waals surface area contributed by atoms with Gasteiger partial charge in [0, 0.05) is 19.3 Å². The van der Waals surface area contributed by atoms with E-state index in [0.29, 0.717) is 0 Å². The fraction of sp³-hybridized carbons (Fsp3) is 0.545. The number of ether oxygens (including phenoxy) is 1. The summed E-state index contributed by atoms with van der Waals surface area (Å²) in [4.78, 5) is 5.51. The normalized spacial score (nSPS) is 19.3. The van der Waals surface area contributed by atoms with E-state index in [0.717, 1.165) is 46.0 Å². The summed E-state index contributed by atoms with van der Waals surface area (Å²) in [5, 5.41) is 14.3. The van der Waals surface area contributed by atoms with Gasteiger partial charge in [-0.15, -0.1) is 21.5 Å². The molecule has 1 unspecified atom stereocenters. The first-order valence-electron chi connectivity index (χ1n) is 6.02. The van der Waals surface area contributed by atoms with Crippen molar-refractivity contribution in [2.24, 2.45) is 0 Å². The molecule has 0 aliphatic carbocycles. The Hall–Kier alpha value is -1.05. The molecular weight excluding hydrogens is 268 g/mol. The molecule has 3 rings (SSSR count). The maximum atomic E-state index is 5.63. The van der Waals surface area contributed by atoms with E-state index >= 15 is 0 Å². The highest BCUT2D eigenvalue weighted by molar-refractivity contribution is 7.23. The number of aromatic nitrogens is 3. The summed E-state index contributed by atoms with van der Waals surface area (Å²) in [6.45, 7) is 3.75. The lowest BCUT2D eigenvalue weighted by atomic mass is 10.2. The number of thiazole rings is 1. The van der Waals surface area contributed by atoms with E-state index in [-0.39, 0.29) is 6.10 Å². The van der Waals surface area contributed by atoms with Crippen LogP contribution in [0.15, 0.2) is 6.20 Å². The van der Waals surface area contributed by atoms with E-state index < -0.39 is 0 Å². The van der Waals surface area contributed by atoms with Crippen molar-refractivity contribution in [1.82, 2.24) is 15.2 Å². The third-order valence-electron chi connectivity index (χ3n) is 2.69. The molecule has 18 heavy (non-hydrogen) atoms. The van der Waals surface area contributed by atoms with Gasteiger partial charge in [-0.1, -0.05) is 11.3 Å². The van der Waals surface area contributed by atoms with E-state index in [1.165, 1.54) is 0 Å². The van der Waals surface area contributed by atoms with Crippen LogP contribution in [0, 0.1) is 0 Å². The maximum Gasteiger partial charge on any atom is 0.206 e. The summed E-state index contributed by atoms with van der Waals surface area (Å²) in [5.74, 6) is 0. The number of nitrogens with one attached hydrogen (secondary N) is 1. The first kappa shape index (κ1) is 12.0. The van der Waals surface area contributed by atoms with Gasteiger partial charge in [0.05, 0.1) is 4.88 Å². The molecule has 0 radical (unpaired) electrons. The van der Waals surface area contributed by atoms with Gasteiger partial charge >= 0.3 is 0 Å². The van der Waals surface area contributed by atoms with Gasteiger partial charge in [-0.25, -0.2) is 4.98 Å². The van der Waals surface area contributed by atoms with Crippen molar-refractivity contribution in [3.05, 3.63) is 11.2 Å². The lowest BCUT2D eigenvalue weighted by Crippen LogP contribution is -1.94. The predicted molar refractivity (Wildman–Crippen MR) is 73.1 cm³/mol. The van der Waals surface area contributed by atoms with Gasteiger partial charge in [-0.2, -0.15) is 0 Å². The zero-order chi connectivity index (χ0) is 12.4. The molecule has 0 bridgehead atoms. The van der Waals surface area contributed by atoms with Gasteiger partial charge < -0.3 is 10.1 Å². The molecule has 2 aromatic heterocycles. The van der Waals surface area contributed by atoms with Crippen molar-refractivity contribution >= 4 is 27.8 Å². The molecule has 1 saturated heterocycles. The number of rotatable bonds is 4. The molecule has 1 fully saturated rings. The summed E-state index contributed by atoms with van der Waals surface area (Å²) in [6.07, 6.45) is 4.26. The number of hydrogen-bond acceptors (Lipinski definition) is 7.